The van der Waals surface area contributed by atoms with E-state index < -0.39 is 5.91 Å². The number of hydrogen-bond donors (Lipinski definition) is 1. The third kappa shape index (κ3) is 3.30. The smallest absolute Gasteiger partial charge is 0.267 e. The molecule has 4 aromatic rings. The summed E-state index contributed by atoms with van der Waals surface area (Å²) in [5.74, 6) is 0.122. The van der Waals surface area contributed by atoms with Crippen molar-refractivity contribution in [2.45, 2.75) is 33.2 Å². The van der Waals surface area contributed by atoms with Crippen LogP contribution in [0.1, 0.15) is 35.9 Å². The molecular formula is C21H25N7O. The van der Waals surface area contributed by atoms with Crippen LogP contribution in [0.3, 0.4) is 0 Å². The number of aromatic nitrogens is 6. The minimum absolute atomic E-state index is 0.225. The first-order valence-corrected chi connectivity index (χ1v) is 9.73. The van der Waals surface area contributed by atoms with Gasteiger partial charge >= 0.3 is 0 Å². The molecular weight excluding hydrogens is 366 g/mol. The Balaban J connectivity index is 1.87. The minimum atomic E-state index is -0.558. The number of nitrogens with two attached hydrogens (primary N) is 1. The van der Waals surface area contributed by atoms with Crippen LogP contribution < -0.4 is 5.73 Å². The SMILES string of the molecule is CCCCn1nc(C)cc1-c1cn(C)c(-c2nc(C(N)=O)cc3c2ccn3C)n1. The van der Waals surface area contributed by atoms with Crippen LogP contribution in [0.4, 0.5) is 0 Å². The Bertz CT molecular complexity index is 1210. The van der Waals surface area contributed by atoms with Gasteiger partial charge in [0.1, 0.15) is 17.1 Å². The fraction of sp³-hybridized carbons (Fsp3) is 0.333. The molecule has 0 unspecified atom stereocenters. The van der Waals surface area contributed by atoms with Crippen molar-refractivity contribution in [2.75, 3.05) is 0 Å². The highest BCUT2D eigenvalue weighted by molar-refractivity contribution is 5.99. The van der Waals surface area contributed by atoms with Crippen LogP contribution >= 0.6 is 0 Å². The molecule has 0 aliphatic carbocycles. The maximum absolute atomic E-state index is 11.8. The van der Waals surface area contributed by atoms with Crippen molar-refractivity contribution in [3.63, 3.8) is 0 Å². The zero-order chi connectivity index (χ0) is 20.7. The zero-order valence-electron chi connectivity index (χ0n) is 17.2. The summed E-state index contributed by atoms with van der Waals surface area (Å²) in [5, 5.41) is 5.54. The maximum Gasteiger partial charge on any atom is 0.267 e. The minimum Gasteiger partial charge on any atom is -0.364 e. The second-order valence-corrected chi connectivity index (χ2v) is 7.39. The first kappa shape index (κ1) is 18.9. The third-order valence-electron chi connectivity index (χ3n) is 5.11. The molecule has 0 atom stereocenters. The lowest BCUT2D eigenvalue weighted by molar-refractivity contribution is 0.0996. The van der Waals surface area contributed by atoms with E-state index in [9.17, 15) is 4.79 Å². The summed E-state index contributed by atoms with van der Waals surface area (Å²) in [7, 11) is 3.86. The molecule has 0 radical (unpaired) electrons. The number of carbonyl (C=O) groups is 1. The normalized spacial score (nSPS) is 11.4. The molecule has 150 valence electrons. The Hall–Kier alpha value is -3.42. The lowest BCUT2D eigenvalue weighted by Crippen LogP contribution is -2.14. The third-order valence-corrected chi connectivity index (χ3v) is 5.11. The van der Waals surface area contributed by atoms with Gasteiger partial charge in [0.15, 0.2) is 5.82 Å². The van der Waals surface area contributed by atoms with E-state index in [4.69, 9.17) is 10.7 Å². The van der Waals surface area contributed by atoms with Gasteiger partial charge in [0, 0.05) is 38.4 Å². The molecule has 0 saturated carbocycles. The van der Waals surface area contributed by atoms with Crippen molar-refractivity contribution >= 4 is 16.8 Å². The van der Waals surface area contributed by atoms with E-state index in [1.54, 1.807) is 6.07 Å². The maximum atomic E-state index is 11.8. The van der Waals surface area contributed by atoms with Gasteiger partial charge in [-0.2, -0.15) is 5.10 Å². The van der Waals surface area contributed by atoms with Gasteiger partial charge in [0.2, 0.25) is 0 Å². The van der Waals surface area contributed by atoms with Gasteiger partial charge in [-0.05, 0) is 31.5 Å². The summed E-state index contributed by atoms with van der Waals surface area (Å²) in [6.07, 6.45) is 6.07. The lowest BCUT2D eigenvalue weighted by Gasteiger charge is -2.06. The summed E-state index contributed by atoms with van der Waals surface area (Å²) in [6.45, 7) is 5.00. The molecule has 0 saturated heterocycles. The van der Waals surface area contributed by atoms with E-state index in [-0.39, 0.29) is 5.69 Å². The first-order valence-electron chi connectivity index (χ1n) is 9.73. The fourth-order valence-electron chi connectivity index (χ4n) is 3.60. The lowest BCUT2D eigenvalue weighted by atomic mass is 10.2. The van der Waals surface area contributed by atoms with Crippen LogP contribution in [0.2, 0.25) is 0 Å². The second-order valence-electron chi connectivity index (χ2n) is 7.39. The fourth-order valence-corrected chi connectivity index (χ4v) is 3.60. The first-order chi connectivity index (χ1) is 13.9. The van der Waals surface area contributed by atoms with Crippen LogP contribution in [0, 0.1) is 6.92 Å². The molecule has 0 aromatic carbocycles. The highest BCUT2D eigenvalue weighted by atomic mass is 16.1. The molecule has 0 aliphatic rings. The topological polar surface area (TPSA) is 96.5 Å². The van der Waals surface area contributed by atoms with Crippen molar-refractivity contribution in [1.29, 1.82) is 0 Å². The molecule has 0 fully saturated rings. The van der Waals surface area contributed by atoms with Gasteiger partial charge in [-0.3, -0.25) is 9.48 Å². The summed E-state index contributed by atoms with van der Waals surface area (Å²) in [6, 6.07) is 5.74. The van der Waals surface area contributed by atoms with Crippen LogP contribution in [0.15, 0.2) is 30.6 Å². The average Bonchev–Trinajstić information content (AvgIpc) is 3.36. The molecule has 29 heavy (non-hydrogen) atoms. The van der Waals surface area contributed by atoms with Crippen LogP contribution in [-0.2, 0) is 20.6 Å². The van der Waals surface area contributed by atoms with E-state index in [2.05, 4.69) is 17.0 Å². The van der Waals surface area contributed by atoms with Gasteiger partial charge in [0.25, 0.3) is 5.91 Å². The second kappa shape index (κ2) is 7.20. The van der Waals surface area contributed by atoms with Gasteiger partial charge in [0.05, 0.1) is 16.9 Å². The number of rotatable bonds is 6. The van der Waals surface area contributed by atoms with Crippen molar-refractivity contribution in [2.24, 2.45) is 19.8 Å². The van der Waals surface area contributed by atoms with E-state index in [1.807, 2.05) is 59.4 Å². The number of imidazole rings is 1. The summed E-state index contributed by atoms with van der Waals surface area (Å²) in [5.41, 5.74) is 10.0. The van der Waals surface area contributed by atoms with E-state index >= 15 is 0 Å². The van der Waals surface area contributed by atoms with Crippen LogP contribution in [0.25, 0.3) is 33.8 Å². The van der Waals surface area contributed by atoms with Crippen molar-refractivity contribution in [3.05, 3.63) is 42.0 Å². The number of carbonyl (C=O) groups excluding carboxylic acids is 1. The summed E-state index contributed by atoms with van der Waals surface area (Å²) >= 11 is 0. The van der Waals surface area contributed by atoms with E-state index in [0.717, 1.165) is 47.4 Å². The van der Waals surface area contributed by atoms with Gasteiger partial charge in [-0.25, -0.2) is 9.97 Å². The van der Waals surface area contributed by atoms with Crippen molar-refractivity contribution in [3.8, 4) is 22.9 Å². The average molecular weight is 391 g/mol. The molecule has 8 heteroatoms. The number of unbranched alkanes of at least 4 members (excludes halogenated alkanes) is 1. The van der Waals surface area contributed by atoms with E-state index in [0.29, 0.717) is 11.5 Å². The van der Waals surface area contributed by atoms with Crippen LogP contribution in [0.5, 0.6) is 0 Å². The monoisotopic (exact) mass is 391 g/mol. The Morgan fingerprint density at radius 3 is 2.69 bits per heavy atom. The van der Waals surface area contributed by atoms with Gasteiger partial charge in [-0.15, -0.1) is 0 Å². The molecule has 0 aliphatic heterocycles. The Kier molecular flexibility index (Phi) is 4.70. The molecule has 0 spiro atoms. The number of primary amides is 1. The number of amides is 1. The molecule has 1 amide bonds. The number of nitrogens with zero attached hydrogens (tertiary/aromatic N) is 6. The largest absolute Gasteiger partial charge is 0.364 e. The predicted molar refractivity (Wildman–Crippen MR) is 112 cm³/mol. The highest BCUT2D eigenvalue weighted by Crippen LogP contribution is 2.30. The van der Waals surface area contributed by atoms with Crippen molar-refractivity contribution < 1.29 is 4.79 Å². The van der Waals surface area contributed by atoms with Gasteiger partial charge < -0.3 is 14.9 Å². The molecule has 8 nitrogen and oxygen atoms in total. The Morgan fingerprint density at radius 2 is 1.97 bits per heavy atom. The van der Waals surface area contributed by atoms with Gasteiger partial charge in [-0.1, -0.05) is 13.3 Å². The number of pyridine rings is 1. The van der Waals surface area contributed by atoms with Crippen LogP contribution in [-0.4, -0.2) is 34.8 Å². The highest BCUT2D eigenvalue weighted by Gasteiger charge is 2.19. The van der Waals surface area contributed by atoms with E-state index in [1.165, 1.54) is 0 Å². The molecule has 4 heterocycles. The van der Waals surface area contributed by atoms with Crippen molar-refractivity contribution in [1.82, 2.24) is 28.9 Å². The standard InChI is InChI=1S/C21H25N7O/c1-5-6-8-28-18(10-13(2)25-28)16-12-27(4)21(24-16)19-14-7-9-26(3)17(14)11-15(23-19)20(22)29/h7,9-12H,5-6,8H2,1-4H3,(H2,22,29). The summed E-state index contributed by atoms with van der Waals surface area (Å²) < 4.78 is 5.89. The number of fused-ring (bicyclic) bond motifs is 1. The number of hydrogen-bond acceptors (Lipinski definition) is 4. The summed E-state index contributed by atoms with van der Waals surface area (Å²) in [4.78, 5) is 21.2. The predicted octanol–water partition coefficient (Wildman–Crippen LogP) is 3.04. The molecule has 0 bridgehead atoms. The Morgan fingerprint density at radius 1 is 1.17 bits per heavy atom. The number of aryl methyl sites for hydroxylation is 4. The molecule has 4 rings (SSSR count). The molecule has 4 aromatic heterocycles. The Labute approximate surface area is 169 Å². The molecule has 2 N–H and O–H groups in total. The zero-order valence-corrected chi connectivity index (χ0v) is 17.2. The quantitative estimate of drug-likeness (QED) is 0.546.